The molecule has 0 saturated carbocycles. The first-order chi connectivity index (χ1) is 13.0. The zero-order chi connectivity index (χ0) is 21.2. The minimum absolute atomic E-state index is 0.234. The molecule has 0 aliphatic carbocycles. The Labute approximate surface area is 160 Å². The fourth-order valence-electron chi connectivity index (χ4n) is 2.19. The van der Waals surface area contributed by atoms with Gasteiger partial charge in [0.2, 0.25) is 5.76 Å². The van der Waals surface area contributed by atoms with E-state index in [1.807, 2.05) is 0 Å². The van der Waals surface area contributed by atoms with E-state index in [1.165, 1.54) is 13.0 Å². The van der Waals surface area contributed by atoms with Crippen LogP contribution in [-0.2, 0) is 15.7 Å². The second-order valence-corrected chi connectivity index (χ2v) is 5.79. The van der Waals surface area contributed by atoms with Crippen LogP contribution in [0.5, 0.6) is 5.75 Å². The fourth-order valence-corrected chi connectivity index (χ4v) is 2.38. The lowest BCUT2D eigenvalue weighted by atomic mass is 10.2. The summed E-state index contributed by atoms with van der Waals surface area (Å²) < 4.78 is 63.3. The van der Waals surface area contributed by atoms with Crippen molar-refractivity contribution in [2.24, 2.45) is 0 Å². The van der Waals surface area contributed by atoms with E-state index in [1.54, 1.807) is 0 Å². The Bertz CT molecular complexity index is 1020. The Balaban J connectivity index is 2.61. The van der Waals surface area contributed by atoms with Crippen molar-refractivity contribution >= 4 is 17.6 Å². The monoisotopic (exact) mass is 420 g/mol. The quantitative estimate of drug-likeness (QED) is 0.325. The molecule has 0 aliphatic heterocycles. The van der Waals surface area contributed by atoms with Crippen molar-refractivity contribution in [3.05, 3.63) is 62.5 Å². The van der Waals surface area contributed by atoms with Crippen LogP contribution in [-0.4, -0.2) is 22.9 Å². The van der Waals surface area contributed by atoms with Gasteiger partial charge in [-0.25, -0.2) is 9.18 Å². The molecule has 11 heteroatoms. The molecule has 0 fully saturated rings. The van der Waals surface area contributed by atoms with Crippen molar-refractivity contribution in [3.8, 4) is 11.4 Å². The zero-order valence-corrected chi connectivity index (χ0v) is 15.5. The summed E-state index contributed by atoms with van der Waals surface area (Å²) in [5.74, 6) is -2.38. The van der Waals surface area contributed by atoms with Gasteiger partial charge in [-0.15, -0.1) is 0 Å². The summed E-state index contributed by atoms with van der Waals surface area (Å²) in [7, 11) is 1.11. The maximum absolute atomic E-state index is 14.3. The number of hydrogen-bond acceptors (Lipinski definition) is 5. The number of aromatic nitrogens is 2. The number of carbonyl (C=O) groups excluding carboxylic acids is 1. The SMILES string of the molecule is C/C=C(\Oc1cc(-n2ncc(C(F)(F)F)c(C)c2=O)c(F)cc1Cl)C(=O)OC. The van der Waals surface area contributed by atoms with Crippen LogP contribution >= 0.6 is 11.6 Å². The van der Waals surface area contributed by atoms with Gasteiger partial charge in [0.15, 0.2) is 5.82 Å². The largest absolute Gasteiger partial charge is 0.463 e. The highest BCUT2D eigenvalue weighted by Crippen LogP contribution is 2.32. The number of methoxy groups -OCH3 is 1. The molecule has 1 aromatic heterocycles. The van der Waals surface area contributed by atoms with Gasteiger partial charge in [-0.1, -0.05) is 11.6 Å². The number of ether oxygens (including phenoxy) is 2. The first-order valence-corrected chi connectivity index (χ1v) is 7.97. The molecule has 0 N–H and O–H groups in total. The van der Waals surface area contributed by atoms with Gasteiger partial charge in [0.1, 0.15) is 11.4 Å². The number of carbonyl (C=O) groups is 1. The molecule has 0 saturated heterocycles. The second-order valence-electron chi connectivity index (χ2n) is 5.38. The van der Waals surface area contributed by atoms with E-state index < -0.39 is 40.3 Å². The molecule has 1 aromatic carbocycles. The van der Waals surface area contributed by atoms with Gasteiger partial charge in [0.25, 0.3) is 5.56 Å². The van der Waals surface area contributed by atoms with Crippen LogP contribution < -0.4 is 10.3 Å². The van der Waals surface area contributed by atoms with E-state index in [0.29, 0.717) is 10.9 Å². The van der Waals surface area contributed by atoms with Crippen molar-refractivity contribution < 1.29 is 31.8 Å². The lowest BCUT2D eigenvalue weighted by Crippen LogP contribution is -2.28. The van der Waals surface area contributed by atoms with E-state index in [-0.39, 0.29) is 16.5 Å². The number of benzene rings is 1. The predicted molar refractivity (Wildman–Crippen MR) is 90.9 cm³/mol. The topological polar surface area (TPSA) is 70.4 Å². The summed E-state index contributed by atoms with van der Waals surface area (Å²) >= 11 is 5.89. The third-order valence-corrected chi connectivity index (χ3v) is 3.92. The predicted octanol–water partition coefficient (Wildman–Crippen LogP) is 3.81. The molecule has 0 spiro atoms. The standard InChI is InChI=1S/C17H13ClF4N2O4/c1-4-13(16(26)27-3)28-14-6-12(11(19)5-10(14)18)24-15(25)8(2)9(7-23-24)17(20,21)22/h4-7H,1-3H3/b13-4-. The number of esters is 1. The van der Waals surface area contributed by atoms with Crippen molar-refractivity contribution in [3.63, 3.8) is 0 Å². The van der Waals surface area contributed by atoms with Gasteiger partial charge in [-0.2, -0.15) is 23.0 Å². The van der Waals surface area contributed by atoms with Crippen LogP contribution in [0.15, 0.2) is 35.0 Å². The van der Waals surface area contributed by atoms with E-state index in [9.17, 15) is 27.2 Å². The third-order valence-electron chi connectivity index (χ3n) is 3.62. The van der Waals surface area contributed by atoms with Crippen molar-refractivity contribution in [1.82, 2.24) is 9.78 Å². The molecule has 0 unspecified atom stereocenters. The van der Waals surface area contributed by atoms with Crippen LogP contribution in [0.3, 0.4) is 0 Å². The molecular formula is C17H13ClF4N2O4. The average molecular weight is 421 g/mol. The summed E-state index contributed by atoms with van der Waals surface area (Å²) in [5, 5.41) is 3.15. The van der Waals surface area contributed by atoms with Crippen LogP contribution in [0, 0.1) is 12.7 Å². The van der Waals surface area contributed by atoms with Crippen LogP contribution in [0.25, 0.3) is 5.69 Å². The van der Waals surface area contributed by atoms with Crippen LogP contribution in [0.4, 0.5) is 17.6 Å². The number of alkyl halides is 3. The Morgan fingerprint density at radius 1 is 1.32 bits per heavy atom. The summed E-state index contributed by atoms with van der Waals surface area (Å²) in [6, 6.07) is 1.71. The van der Waals surface area contributed by atoms with E-state index in [4.69, 9.17) is 16.3 Å². The Kier molecular flexibility index (Phi) is 6.13. The molecule has 0 bridgehead atoms. The van der Waals surface area contributed by atoms with Gasteiger partial charge >= 0.3 is 12.1 Å². The van der Waals surface area contributed by atoms with Gasteiger partial charge in [0.05, 0.1) is 23.9 Å². The Morgan fingerprint density at radius 2 is 1.96 bits per heavy atom. The number of hydrogen-bond donors (Lipinski definition) is 0. The normalized spacial score (nSPS) is 12.1. The number of halogens is 5. The maximum Gasteiger partial charge on any atom is 0.418 e. The lowest BCUT2D eigenvalue weighted by molar-refractivity contribution is -0.139. The highest BCUT2D eigenvalue weighted by Gasteiger charge is 2.34. The first kappa shape index (κ1) is 21.4. The average Bonchev–Trinajstić information content (AvgIpc) is 2.62. The Hall–Kier alpha value is -2.88. The van der Waals surface area contributed by atoms with Gasteiger partial charge < -0.3 is 9.47 Å². The lowest BCUT2D eigenvalue weighted by Gasteiger charge is -2.14. The molecule has 6 nitrogen and oxygen atoms in total. The second kappa shape index (κ2) is 8.01. The highest BCUT2D eigenvalue weighted by atomic mass is 35.5. The molecule has 1 heterocycles. The fraction of sp³-hybridized carbons (Fsp3) is 0.235. The number of rotatable bonds is 4. The molecule has 2 rings (SSSR count). The van der Waals surface area contributed by atoms with Crippen molar-refractivity contribution in [2.45, 2.75) is 20.0 Å². The number of allylic oxidation sites excluding steroid dienone is 1. The van der Waals surface area contributed by atoms with Crippen molar-refractivity contribution in [1.29, 1.82) is 0 Å². The maximum atomic E-state index is 14.3. The van der Waals surface area contributed by atoms with Gasteiger partial charge in [-0.3, -0.25) is 4.79 Å². The van der Waals surface area contributed by atoms with Gasteiger partial charge in [0, 0.05) is 11.6 Å². The van der Waals surface area contributed by atoms with Gasteiger partial charge in [-0.05, 0) is 26.0 Å². The Morgan fingerprint density at radius 3 is 2.50 bits per heavy atom. The molecule has 150 valence electrons. The molecule has 0 aliphatic rings. The third kappa shape index (κ3) is 4.16. The molecule has 2 aromatic rings. The van der Waals surface area contributed by atoms with Crippen LogP contribution in [0.1, 0.15) is 18.1 Å². The summed E-state index contributed by atoms with van der Waals surface area (Å²) in [6.07, 6.45) is -3.11. The molecule has 28 heavy (non-hydrogen) atoms. The highest BCUT2D eigenvalue weighted by molar-refractivity contribution is 6.32. The molecular weight excluding hydrogens is 408 g/mol. The minimum Gasteiger partial charge on any atom is -0.463 e. The molecule has 0 amide bonds. The van der Waals surface area contributed by atoms with Crippen LogP contribution in [0.2, 0.25) is 5.02 Å². The molecule has 0 radical (unpaired) electrons. The smallest absolute Gasteiger partial charge is 0.418 e. The van der Waals surface area contributed by atoms with E-state index in [0.717, 1.165) is 26.2 Å². The number of nitrogens with zero attached hydrogens (tertiary/aromatic N) is 2. The summed E-state index contributed by atoms with van der Waals surface area (Å²) in [5.41, 5.74) is -3.59. The van der Waals surface area contributed by atoms with E-state index >= 15 is 0 Å². The van der Waals surface area contributed by atoms with E-state index in [2.05, 4.69) is 9.84 Å². The first-order valence-electron chi connectivity index (χ1n) is 7.59. The minimum atomic E-state index is -4.79. The summed E-state index contributed by atoms with van der Waals surface area (Å²) in [4.78, 5) is 23.9. The summed E-state index contributed by atoms with van der Waals surface area (Å²) in [6.45, 7) is 2.42. The zero-order valence-electron chi connectivity index (χ0n) is 14.7. The van der Waals surface area contributed by atoms with Crippen molar-refractivity contribution in [2.75, 3.05) is 7.11 Å². The molecule has 0 atom stereocenters.